The van der Waals surface area contributed by atoms with Crippen molar-refractivity contribution in [3.8, 4) is 0 Å². The van der Waals surface area contributed by atoms with E-state index in [2.05, 4.69) is 28.1 Å². The average Bonchev–Trinajstić information content (AvgIpc) is 3.05. The quantitative estimate of drug-likeness (QED) is 0.557. The van der Waals surface area contributed by atoms with Crippen molar-refractivity contribution in [2.75, 3.05) is 6.54 Å². The summed E-state index contributed by atoms with van der Waals surface area (Å²) >= 11 is 3.43. The largest absolute Gasteiger partial charge is 0.339 e. The SMILES string of the molecule is O=C(Cc1ccccc1[N+](=O)[O-])N1CCC[C@@H]1Cc1ccc(Br)cc1. The second kappa shape index (κ2) is 7.78. The van der Waals surface area contributed by atoms with Crippen molar-refractivity contribution in [3.05, 3.63) is 74.2 Å². The summed E-state index contributed by atoms with van der Waals surface area (Å²) in [6.45, 7) is 0.723. The molecule has 1 aliphatic rings. The Bertz CT molecular complexity index is 776. The Morgan fingerprint density at radius 1 is 1.20 bits per heavy atom. The summed E-state index contributed by atoms with van der Waals surface area (Å²) in [5.74, 6) is -0.0334. The molecule has 1 fully saturated rings. The van der Waals surface area contributed by atoms with Gasteiger partial charge < -0.3 is 4.90 Å². The summed E-state index contributed by atoms with van der Waals surface area (Å²) < 4.78 is 1.03. The molecule has 0 aromatic heterocycles. The monoisotopic (exact) mass is 402 g/mol. The van der Waals surface area contributed by atoms with Crippen molar-refractivity contribution < 1.29 is 9.72 Å². The number of amides is 1. The molecule has 2 aromatic carbocycles. The van der Waals surface area contributed by atoms with Gasteiger partial charge in [-0.2, -0.15) is 0 Å². The highest BCUT2D eigenvalue weighted by Crippen LogP contribution is 2.25. The van der Waals surface area contributed by atoms with Crippen LogP contribution in [-0.4, -0.2) is 28.3 Å². The summed E-state index contributed by atoms with van der Waals surface area (Å²) in [4.78, 5) is 25.3. The van der Waals surface area contributed by atoms with Crippen LogP contribution in [0, 0.1) is 10.1 Å². The summed E-state index contributed by atoms with van der Waals surface area (Å²) in [6, 6.07) is 14.8. The van der Waals surface area contributed by atoms with Gasteiger partial charge in [-0.3, -0.25) is 14.9 Å². The van der Waals surface area contributed by atoms with Crippen LogP contribution >= 0.6 is 15.9 Å². The van der Waals surface area contributed by atoms with Gasteiger partial charge in [0, 0.05) is 28.7 Å². The zero-order valence-electron chi connectivity index (χ0n) is 13.7. The third-order valence-electron chi connectivity index (χ3n) is 4.61. The first-order chi connectivity index (χ1) is 12.0. The standard InChI is InChI=1S/C19H19BrN2O3/c20-16-9-7-14(8-10-16)12-17-5-3-11-21(17)19(23)13-15-4-1-2-6-18(15)22(24)25/h1-2,4,6-10,17H,3,5,11-13H2/t17-/m1/s1. The highest BCUT2D eigenvalue weighted by Gasteiger charge is 2.29. The first-order valence-electron chi connectivity index (χ1n) is 8.31. The van der Waals surface area contributed by atoms with Crippen molar-refractivity contribution >= 4 is 27.5 Å². The number of halogens is 1. The number of nitro benzene ring substituents is 1. The van der Waals surface area contributed by atoms with Crippen molar-refractivity contribution in [1.29, 1.82) is 0 Å². The fraction of sp³-hybridized carbons (Fsp3) is 0.316. The molecule has 1 amide bonds. The molecule has 5 nitrogen and oxygen atoms in total. The molecule has 0 aliphatic carbocycles. The first kappa shape index (κ1) is 17.6. The average molecular weight is 403 g/mol. The van der Waals surface area contributed by atoms with Gasteiger partial charge in [0.2, 0.25) is 5.91 Å². The summed E-state index contributed by atoms with van der Waals surface area (Å²) in [7, 11) is 0. The Morgan fingerprint density at radius 2 is 1.92 bits per heavy atom. The molecular formula is C19H19BrN2O3. The number of nitrogens with zero attached hydrogens (tertiary/aromatic N) is 2. The minimum absolute atomic E-state index is 0.0134. The molecule has 1 atom stereocenters. The van der Waals surface area contributed by atoms with E-state index >= 15 is 0 Å². The van der Waals surface area contributed by atoms with E-state index in [1.165, 1.54) is 11.6 Å². The number of hydrogen-bond donors (Lipinski definition) is 0. The van der Waals surface area contributed by atoms with Gasteiger partial charge in [0.25, 0.3) is 5.69 Å². The van der Waals surface area contributed by atoms with E-state index in [9.17, 15) is 14.9 Å². The lowest BCUT2D eigenvalue weighted by molar-refractivity contribution is -0.385. The zero-order chi connectivity index (χ0) is 17.8. The molecule has 2 aromatic rings. The molecule has 1 heterocycles. The molecule has 1 aliphatic heterocycles. The Morgan fingerprint density at radius 3 is 2.64 bits per heavy atom. The highest BCUT2D eigenvalue weighted by molar-refractivity contribution is 9.10. The van der Waals surface area contributed by atoms with E-state index in [1.807, 2.05) is 17.0 Å². The number of nitro groups is 1. The van der Waals surface area contributed by atoms with E-state index in [4.69, 9.17) is 0 Å². The van der Waals surface area contributed by atoms with Crippen LogP contribution in [0.2, 0.25) is 0 Å². The van der Waals surface area contributed by atoms with Crippen LogP contribution in [0.5, 0.6) is 0 Å². The van der Waals surface area contributed by atoms with Crippen molar-refractivity contribution in [2.24, 2.45) is 0 Å². The predicted octanol–water partition coefficient (Wildman–Crippen LogP) is 4.13. The molecule has 0 radical (unpaired) electrons. The van der Waals surface area contributed by atoms with Gasteiger partial charge in [-0.1, -0.05) is 46.3 Å². The van der Waals surface area contributed by atoms with Gasteiger partial charge in [0.05, 0.1) is 11.3 Å². The number of hydrogen-bond acceptors (Lipinski definition) is 3. The van der Waals surface area contributed by atoms with E-state index in [1.54, 1.807) is 18.2 Å². The van der Waals surface area contributed by atoms with Crippen LogP contribution in [0.3, 0.4) is 0 Å². The van der Waals surface area contributed by atoms with Gasteiger partial charge in [0.15, 0.2) is 0 Å². The molecule has 0 spiro atoms. The van der Waals surface area contributed by atoms with Crippen LogP contribution in [0.25, 0.3) is 0 Å². The molecule has 130 valence electrons. The summed E-state index contributed by atoms with van der Waals surface area (Å²) in [5, 5.41) is 11.1. The number of para-hydroxylation sites is 1. The highest BCUT2D eigenvalue weighted by atomic mass is 79.9. The maximum Gasteiger partial charge on any atom is 0.273 e. The fourth-order valence-electron chi connectivity index (χ4n) is 3.37. The van der Waals surface area contributed by atoms with Gasteiger partial charge >= 0.3 is 0 Å². The number of carbonyl (C=O) groups excluding carboxylic acids is 1. The van der Waals surface area contributed by atoms with Crippen molar-refractivity contribution in [2.45, 2.75) is 31.7 Å². The van der Waals surface area contributed by atoms with Crippen LogP contribution in [-0.2, 0) is 17.6 Å². The number of rotatable bonds is 5. The molecule has 25 heavy (non-hydrogen) atoms. The molecule has 0 bridgehead atoms. The van der Waals surface area contributed by atoms with Crippen molar-refractivity contribution in [3.63, 3.8) is 0 Å². The van der Waals surface area contributed by atoms with E-state index in [-0.39, 0.29) is 24.1 Å². The van der Waals surface area contributed by atoms with Crippen molar-refractivity contribution in [1.82, 2.24) is 4.90 Å². The Labute approximate surface area is 154 Å². The van der Waals surface area contributed by atoms with Crippen LogP contribution in [0.1, 0.15) is 24.0 Å². The lowest BCUT2D eigenvalue weighted by Gasteiger charge is -2.25. The summed E-state index contributed by atoms with van der Waals surface area (Å²) in [5.41, 5.74) is 1.69. The Kier molecular flexibility index (Phi) is 5.48. The molecule has 0 saturated carbocycles. The molecular weight excluding hydrogens is 384 g/mol. The summed E-state index contributed by atoms with van der Waals surface area (Å²) in [6.07, 6.45) is 2.84. The Hall–Kier alpha value is -2.21. The van der Waals surface area contributed by atoms with E-state index in [0.29, 0.717) is 5.56 Å². The maximum atomic E-state index is 12.7. The number of benzene rings is 2. The van der Waals surface area contributed by atoms with Crippen LogP contribution in [0.4, 0.5) is 5.69 Å². The lowest BCUT2D eigenvalue weighted by atomic mass is 10.0. The topological polar surface area (TPSA) is 63.4 Å². The maximum absolute atomic E-state index is 12.7. The van der Waals surface area contributed by atoms with E-state index in [0.717, 1.165) is 30.3 Å². The molecule has 6 heteroatoms. The van der Waals surface area contributed by atoms with Gasteiger partial charge in [0.1, 0.15) is 0 Å². The minimum atomic E-state index is -0.425. The smallest absolute Gasteiger partial charge is 0.273 e. The second-order valence-electron chi connectivity index (χ2n) is 6.28. The fourth-order valence-corrected chi connectivity index (χ4v) is 3.64. The van der Waals surface area contributed by atoms with Crippen LogP contribution in [0.15, 0.2) is 53.0 Å². The molecule has 0 unspecified atom stereocenters. The number of likely N-dealkylation sites (tertiary alicyclic amines) is 1. The third kappa shape index (κ3) is 4.25. The first-order valence-corrected chi connectivity index (χ1v) is 9.10. The predicted molar refractivity (Wildman–Crippen MR) is 99.4 cm³/mol. The number of carbonyl (C=O) groups is 1. The van der Waals surface area contributed by atoms with E-state index < -0.39 is 4.92 Å². The molecule has 3 rings (SSSR count). The van der Waals surface area contributed by atoms with Gasteiger partial charge in [-0.05, 0) is 37.0 Å². The lowest BCUT2D eigenvalue weighted by Crippen LogP contribution is -2.37. The molecule has 0 N–H and O–H groups in total. The van der Waals surface area contributed by atoms with Gasteiger partial charge in [-0.15, -0.1) is 0 Å². The molecule has 1 saturated heterocycles. The second-order valence-corrected chi connectivity index (χ2v) is 7.19. The third-order valence-corrected chi connectivity index (χ3v) is 5.14. The zero-order valence-corrected chi connectivity index (χ0v) is 15.3. The minimum Gasteiger partial charge on any atom is -0.339 e. The normalized spacial score (nSPS) is 16.8. The van der Waals surface area contributed by atoms with Gasteiger partial charge in [-0.25, -0.2) is 0 Å². The van der Waals surface area contributed by atoms with Crippen LogP contribution < -0.4 is 0 Å². The Balaban J connectivity index is 1.71.